The van der Waals surface area contributed by atoms with E-state index in [4.69, 9.17) is 0 Å². The van der Waals surface area contributed by atoms with Gasteiger partial charge in [-0.2, -0.15) is 0 Å². The van der Waals surface area contributed by atoms with Gasteiger partial charge in [-0.25, -0.2) is 4.79 Å². The molecule has 0 bridgehead atoms. The Morgan fingerprint density at radius 3 is 2.92 bits per heavy atom. The van der Waals surface area contributed by atoms with E-state index >= 15 is 0 Å². The van der Waals surface area contributed by atoms with Gasteiger partial charge in [0.1, 0.15) is 0 Å². The lowest BCUT2D eigenvalue weighted by atomic mass is 10.2. The molecule has 0 saturated carbocycles. The highest BCUT2D eigenvalue weighted by Gasteiger charge is 1.97. The number of hydrogen-bond acceptors (Lipinski definition) is 2. The number of carbonyl (C=O) groups is 1. The summed E-state index contributed by atoms with van der Waals surface area (Å²) in [6.45, 7) is 0.517. The maximum atomic E-state index is 10.8. The first-order valence-electron chi connectivity index (χ1n) is 3.65. The first-order valence-corrected chi connectivity index (χ1v) is 5.17. The van der Waals surface area contributed by atoms with Crippen LogP contribution in [0.25, 0.3) is 0 Å². The fraction of sp³-hybridized carbons (Fsp3) is 0.125. The Morgan fingerprint density at radius 1 is 1.54 bits per heavy atom. The van der Waals surface area contributed by atoms with E-state index in [1.807, 2.05) is 24.3 Å². The molecule has 3 nitrogen and oxygen atoms in total. The summed E-state index contributed by atoms with van der Waals surface area (Å²) in [7, 11) is 0. The summed E-state index contributed by atoms with van der Waals surface area (Å²) in [5.41, 5.74) is 1.07. The van der Waals surface area contributed by atoms with Gasteiger partial charge in [0.2, 0.25) is 0 Å². The van der Waals surface area contributed by atoms with E-state index in [1.54, 1.807) is 0 Å². The zero-order valence-corrected chi connectivity index (χ0v) is 9.80. The van der Waals surface area contributed by atoms with Crippen molar-refractivity contribution in [1.29, 1.82) is 0 Å². The van der Waals surface area contributed by atoms with E-state index in [-0.39, 0.29) is 6.03 Å². The van der Waals surface area contributed by atoms with Gasteiger partial charge in [0.25, 0.3) is 0 Å². The summed E-state index contributed by atoms with van der Waals surface area (Å²) in [6, 6.07) is 7.64. The van der Waals surface area contributed by atoms with E-state index in [1.165, 1.54) is 0 Å². The first-order chi connectivity index (χ1) is 6.22. The molecule has 0 unspecified atom stereocenters. The van der Waals surface area contributed by atoms with Crippen LogP contribution in [0.15, 0.2) is 24.3 Å². The number of halogens is 1. The molecule has 0 heterocycles. The summed E-state index contributed by atoms with van der Waals surface area (Å²) < 4.78 is 3.35. The quantitative estimate of drug-likeness (QED) is 0.567. The second-order valence-corrected chi connectivity index (χ2v) is 3.89. The highest BCUT2D eigenvalue weighted by molar-refractivity contribution is 14.1. The molecular formula is C8H9IN2OS. The number of carbonyl (C=O) groups excluding carboxylic acids is 1. The molecule has 1 rings (SSSR count). The van der Waals surface area contributed by atoms with Crippen LogP contribution < -0.4 is 10.0 Å². The number of benzene rings is 1. The van der Waals surface area contributed by atoms with Crippen LogP contribution >= 0.6 is 35.4 Å². The summed E-state index contributed by atoms with van der Waals surface area (Å²) in [4.78, 5) is 10.8. The Bertz CT molecular complexity index is 306. The smallest absolute Gasteiger partial charge is 0.324 e. The molecule has 1 aromatic rings. The van der Waals surface area contributed by atoms with Crippen molar-refractivity contribution >= 4 is 41.4 Å². The number of hydrogen-bond donors (Lipinski definition) is 3. The SMILES string of the molecule is O=C(NS)NCc1cccc(I)c1. The van der Waals surface area contributed by atoms with Crippen molar-refractivity contribution in [3.8, 4) is 0 Å². The molecule has 0 aliphatic heterocycles. The average molecular weight is 308 g/mol. The molecule has 2 N–H and O–H groups in total. The van der Waals surface area contributed by atoms with Gasteiger partial charge in [-0.15, -0.1) is 0 Å². The van der Waals surface area contributed by atoms with Crippen molar-refractivity contribution < 1.29 is 4.79 Å². The van der Waals surface area contributed by atoms with Crippen molar-refractivity contribution in [2.24, 2.45) is 0 Å². The number of amides is 2. The third-order valence-electron chi connectivity index (χ3n) is 1.44. The van der Waals surface area contributed by atoms with Crippen LogP contribution in [0.1, 0.15) is 5.56 Å². The van der Waals surface area contributed by atoms with Crippen LogP contribution in [0.2, 0.25) is 0 Å². The minimum Gasteiger partial charge on any atom is -0.333 e. The molecule has 2 amide bonds. The molecule has 5 heteroatoms. The van der Waals surface area contributed by atoms with E-state index in [0.717, 1.165) is 9.13 Å². The normalized spacial score (nSPS) is 9.38. The summed E-state index contributed by atoms with van der Waals surface area (Å²) >= 11 is 5.85. The Balaban J connectivity index is 2.50. The molecule has 13 heavy (non-hydrogen) atoms. The molecule has 0 radical (unpaired) electrons. The summed E-state index contributed by atoms with van der Waals surface area (Å²) in [6.07, 6.45) is 0. The second-order valence-electron chi connectivity index (χ2n) is 2.42. The topological polar surface area (TPSA) is 41.1 Å². The van der Waals surface area contributed by atoms with Crippen LogP contribution in [0.3, 0.4) is 0 Å². The van der Waals surface area contributed by atoms with Crippen LogP contribution in [-0.2, 0) is 6.54 Å². The van der Waals surface area contributed by atoms with Gasteiger partial charge in [0, 0.05) is 10.1 Å². The lowest BCUT2D eigenvalue weighted by molar-refractivity contribution is 0.246. The summed E-state index contributed by atoms with van der Waals surface area (Å²) in [5.74, 6) is 0. The van der Waals surface area contributed by atoms with Crippen LogP contribution in [0.5, 0.6) is 0 Å². The van der Waals surface area contributed by atoms with Gasteiger partial charge in [0.05, 0.1) is 0 Å². The second kappa shape index (κ2) is 5.33. The molecule has 0 aliphatic carbocycles. The molecule has 0 aromatic heterocycles. The fourth-order valence-electron chi connectivity index (χ4n) is 0.869. The van der Waals surface area contributed by atoms with Gasteiger partial charge >= 0.3 is 6.03 Å². The summed E-state index contributed by atoms with van der Waals surface area (Å²) in [5, 5.41) is 2.65. The van der Waals surface area contributed by atoms with E-state index in [2.05, 4.69) is 45.4 Å². The minimum atomic E-state index is -0.290. The van der Waals surface area contributed by atoms with Gasteiger partial charge in [-0.05, 0) is 40.3 Å². The zero-order chi connectivity index (χ0) is 9.68. The van der Waals surface area contributed by atoms with Crippen molar-refractivity contribution in [2.75, 3.05) is 0 Å². The Kier molecular flexibility index (Phi) is 4.37. The van der Waals surface area contributed by atoms with E-state index < -0.39 is 0 Å². The number of thiol groups is 1. The van der Waals surface area contributed by atoms with Crippen molar-refractivity contribution in [2.45, 2.75) is 6.54 Å². The largest absolute Gasteiger partial charge is 0.333 e. The van der Waals surface area contributed by atoms with Gasteiger partial charge in [0.15, 0.2) is 0 Å². The monoisotopic (exact) mass is 308 g/mol. The lowest BCUT2D eigenvalue weighted by Crippen LogP contribution is -2.29. The fourth-order valence-corrected chi connectivity index (χ4v) is 1.56. The molecule has 0 fully saturated rings. The Labute approximate surface area is 96.0 Å². The predicted octanol–water partition coefficient (Wildman–Crippen LogP) is 1.94. The van der Waals surface area contributed by atoms with E-state index in [0.29, 0.717) is 6.54 Å². The molecule has 0 spiro atoms. The van der Waals surface area contributed by atoms with Crippen molar-refractivity contribution in [1.82, 2.24) is 10.0 Å². The molecule has 0 atom stereocenters. The van der Waals surface area contributed by atoms with Crippen LogP contribution in [-0.4, -0.2) is 6.03 Å². The molecule has 0 saturated heterocycles. The number of nitrogens with one attached hydrogen (secondary N) is 2. The first kappa shape index (κ1) is 10.6. The highest BCUT2D eigenvalue weighted by Crippen LogP contribution is 2.07. The molecule has 0 aliphatic rings. The van der Waals surface area contributed by atoms with Crippen molar-refractivity contribution in [3.05, 3.63) is 33.4 Å². The van der Waals surface area contributed by atoms with E-state index in [9.17, 15) is 4.79 Å². The maximum Gasteiger partial charge on any atom is 0.324 e. The van der Waals surface area contributed by atoms with Gasteiger partial charge in [-0.3, -0.25) is 4.72 Å². The minimum absolute atomic E-state index is 0.290. The maximum absolute atomic E-state index is 10.8. The molecular weight excluding hydrogens is 299 g/mol. The molecule has 1 aromatic carbocycles. The van der Waals surface area contributed by atoms with Gasteiger partial charge < -0.3 is 5.32 Å². The number of urea groups is 1. The van der Waals surface area contributed by atoms with Crippen molar-refractivity contribution in [3.63, 3.8) is 0 Å². The standard InChI is InChI=1S/C8H9IN2OS/c9-7-3-1-2-6(4-7)5-10-8(12)11-13/h1-4,13H,5H2,(H2,10,11,12). The number of rotatable bonds is 2. The Hall–Kier alpha value is -0.430. The predicted molar refractivity (Wildman–Crippen MR) is 63.5 cm³/mol. The third-order valence-corrected chi connectivity index (χ3v) is 2.32. The van der Waals surface area contributed by atoms with Crippen LogP contribution in [0, 0.1) is 3.57 Å². The third kappa shape index (κ3) is 3.86. The zero-order valence-electron chi connectivity index (χ0n) is 6.75. The highest BCUT2D eigenvalue weighted by atomic mass is 127. The molecule has 70 valence electrons. The lowest BCUT2D eigenvalue weighted by Gasteiger charge is -2.03. The van der Waals surface area contributed by atoms with Gasteiger partial charge in [-0.1, -0.05) is 24.9 Å². The Morgan fingerprint density at radius 2 is 2.31 bits per heavy atom. The van der Waals surface area contributed by atoms with Crippen LogP contribution in [0.4, 0.5) is 4.79 Å². The average Bonchev–Trinajstić information content (AvgIpc) is 2.14.